The highest BCUT2D eigenvalue weighted by Gasteiger charge is 2.32. The number of anilines is 2. The van der Waals surface area contributed by atoms with Gasteiger partial charge in [0.05, 0.1) is 9.88 Å². The van der Waals surface area contributed by atoms with Crippen molar-refractivity contribution in [1.29, 1.82) is 0 Å². The number of hydrogen-bond donors (Lipinski definition) is 2. The minimum absolute atomic E-state index is 0.0335. The molecule has 156 valence electrons. The number of nitrogens with one attached hydrogen (secondary N) is 2. The summed E-state index contributed by atoms with van der Waals surface area (Å²) in [6, 6.07) is 6.43. The highest BCUT2D eigenvalue weighted by Crippen LogP contribution is 2.35. The molecule has 30 heavy (non-hydrogen) atoms. The zero-order valence-electron chi connectivity index (χ0n) is 16.0. The lowest BCUT2D eigenvalue weighted by Crippen LogP contribution is -2.32. The first-order valence-electron chi connectivity index (χ1n) is 9.30. The number of benzene rings is 1. The summed E-state index contributed by atoms with van der Waals surface area (Å²) in [4.78, 5) is 24.5. The molecule has 2 aromatic heterocycles. The Balaban J connectivity index is 1.58. The second kappa shape index (κ2) is 8.02. The van der Waals surface area contributed by atoms with Crippen LogP contribution < -0.4 is 10.6 Å². The van der Waals surface area contributed by atoms with Crippen molar-refractivity contribution in [3.63, 3.8) is 0 Å². The molecule has 3 aromatic rings. The lowest BCUT2D eigenvalue weighted by molar-refractivity contribution is -0.141. The van der Waals surface area contributed by atoms with Gasteiger partial charge in [-0.25, -0.2) is 15.0 Å². The molecule has 0 saturated carbocycles. The fraction of sp³-hybridized carbons (Fsp3) is 0.300. The summed E-state index contributed by atoms with van der Waals surface area (Å²) in [5.41, 5.74) is 1.38. The molecular weight excluding hydrogens is 415 g/mol. The third-order valence-electron chi connectivity index (χ3n) is 4.68. The van der Waals surface area contributed by atoms with Crippen molar-refractivity contribution in [3.8, 4) is 10.4 Å². The molecule has 1 aliphatic heterocycles. The Morgan fingerprint density at radius 3 is 2.83 bits per heavy atom. The molecule has 0 spiro atoms. The van der Waals surface area contributed by atoms with E-state index in [2.05, 4.69) is 25.6 Å². The van der Waals surface area contributed by atoms with Gasteiger partial charge in [-0.15, -0.1) is 11.3 Å². The molecule has 1 saturated heterocycles. The minimum atomic E-state index is -4.54. The maximum Gasteiger partial charge on any atom is 0.433 e. The molecule has 1 aromatic carbocycles. The van der Waals surface area contributed by atoms with Gasteiger partial charge in [0.2, 0.25) is 11.9 Å². The predicted octanol–water partition coefficient (Wildman–Crippen LogP) is 4.66. The number of alkyl halides is 3. The Hall–Kier alpha value is -3.01. The first-order chi connectivity index (χ1) is 14.3. The van der Waals surface area contributed by atoms with Crippen molar-refractivity contribution in [3.05, 3.63) is 52.9 Å². The number of rotatable bonds is 4. The molecule has 1 atom stereocenters. The highest BCUT2D eigenvalue weighted by atomic mass is 32.1. The van der Waals surface area contributed by atoms with E-state index in [-0.39, 0.29) is 17.8 Å². The van der Waals surface area contributed by atoms with Crippen LogP contribution in [-0.2, 0) is 11.0 Å². The summed E-state index contributed by atoms with van der Waals surface area (Å²) in [6.45, 7) is 2.54. The summed E-state index contributed by atoms with van der Waals surface area (Å²) in [5, 5.41) is 6.59. The molecule has 0 radical (unpaired) electrons. The zero-order chi connectivity index (χ0) is 21.3. The van der Waals surface area contributed by atoms with Gasteiger partial charge < -0.3 is 10.6 Å². The smallest absolute Gasteiger partial charge is 0.356 e. The normalized spacial score (nSPS) is 16.9. The predicted molar refractivity (Wildman–Crippen MR) is 108 cm³/mol. The summed E-state index contributed by atoms with van der Waals surface area (Å²) in [5.74, 6) is 0.0177. The van der Waals surface area contributed by atoms with Gasteiger partial charge in [-0.05, 0) is 42.7 Å². The topological polar surface area (TPSA) is 79.8 Å². The number of aromatic nitrogens is 3. The Morgan fingerprint density at radius 1 is 1.23 bits per heavy atom. The first-order valence-corrected chi connectivity index (χ1v) is 10.1. The van der Waals surface area contributed by atoms with Crippen LogP contribution in [0.1, 0.15) is 35.0 Å². The molecule has 6 nitrogen and oxygen atoms in total. The fourth-order valence-electron chi connectivity index (χ4n) is 3.31. The molecule has 1 amide bonds. The number of nitrogens with zero attached hydrogens (tertiary/aromatic N) is 3. The van der Waals surface area contributed by atoms with E-state index >= 15 is 0 Å². The zero-order valence-corrected chi connectivity index (χ0v) is 16.8. The Labute approximate surface area is 174 Å². The molecule has 2 N–H and O–H groups in total. The molecule has 1 unspecified atom stereocenters. The molecule has 3 heterocycles. The van der Waals surface area contributed by atoms with Crippen molar-refractivity contribution < 1.29 is 18.0 Å². The summed E-state index contributed by atoms with van der Waals surface area (Å²) in [7, 11) is 0. The number of aryl methyl sites for hydroxylation is 1. The summed E-state index contributed by atoms with van der Waals surface area (Å²) < 4.78 is 38.7. The van der Waals surface area contributed by atoms with Gasteiger partial charge in [0.1, 0.15) is 5.69 Å². The van der Waals surface area contributed by atoms with Crippen LogP contribution in [0.4, 0.5) is 24.8 Å². The third-order valence-corrected chi connectivity index (χ3v) is 5.89. The van der Waals surface area contributed by atoms with Crippen molar-refractivity contribution in [1.82, 2.24) is 20.3 Å². The Bertz CT molecular complexity index is 1080. The minimum Gasteiger partial charge on any atom is -0.356 e. The van der Waals surface area contributed by atoms with Crippen LogP contribution in [0.5, 0.6) is 0 Å². The molecule has 1 aliphatic rings. The molecule has 1 fully saturated rings. The van der Waals surface area contributed by atoms with Crippen LogP contribution in [0.2, 0.25) is 0 Å². The van der Waals surface area contributed by atoms with Gasteiger partial charge in [0, 0.05) is 37.0 Å². The standard InChI is InChI=1S/C20H18F3N5OS/c1-11-6-13(15-10-26-18(30-15)12-2-4-24-17(29)9-12)8-14(7-11)27-19-25-5-3-16(28-19)20(21,22)23/h3,5-8,10,12H,2,4,9H2,1H3,(H,24,29)(H,25,27,28). The largest absolute Gasteiger partial charge is 0.433 e. The number of hydrogen-bond acceptors (Lipinski definition) is 6. The second-order valence-corrected chi connectivity index (χ2v) is 8.14. The lowest BCUT2D eigenvalue weighted by atomic mass is 9.98. The second-order valence-electron chi connectivity index (χ2n) is 7.08. The van der Waals surface area contributed by atoms with Gasteiger partial charge in [0.25, 0.3) is 0 Å². The number of piperidine rings is 1. The monoisotopic (exact) mass is 433 g/mol. The number of carbonyl (C=O) groups excluding carboxylic acids is 1. The van der Waals surface area contributed by atoms with Crippen molar-refractivity contribution >= 4 is 28.9 Å². The number of halogens is 3. The lowest BCUT2D eigenvalue weighted by Gasteiger charge is -2.19. The van der Waals surface area contributed by atoms with E-state index in [1.165, 1.54) is 11.3 Å². The fourth-order valence-corrected chi connectivity index (χ4v) is 4.35. The summed E-state index contributed by atoms with van der Waals surface area (Å²) in [6.07, 6.45) is -0.407. The van der Waals surface area contributed by atoms with E-state index < -0.39 is 11.9 Å². The van der Waals surface area contributed by atoms with Crippen molar-refractivity contribution in [2.45, 2.75) is 31.9 Å². The van der Waals surface area contributed by atoms with Gasteiger partial charge in [-0.1, -0.05) is 6.07 Å². The van der Waals surface area contributed by atoms with Crippen LogP contribution in [0.3, 0.4) is 0 Å². The quantitative estimate of drug-likeness (QED) is 0.625. The first kappa shape index (κ1) is 20.3. The highest BCUT2D eigenvalue weighted by molar-refractivity contribution is 7.15. The van der Waals surface area contributed by atoms with Gasteiger partial charge in [-0.3, -0.25) is 4.79 Å². The average molecular weight is 433 g/mol. The maximum atomic E-state index is 12.9. The number of thiazole rings is 1. The molecule has 0 bridgehead atoms. The van der Waals surface area contributed by atoms with E-state index in [9.17, 15) is 18.0 Å². The van der Waals surface area contributed by atoms with E-state index in [0.717, 1.165) is 39.7 Å². The van der Waals surface area contributed by atoms with Crippen LogP contribution in [0.15, 0.2) is 36.7 Å². The summed E-state index contributed by atoms with van der Waals surface area (Å²) >= 11 is 1.53. The Morgan fingerprint density at radius 2 is 2.07 bits per heavy atom. The van der Waals surface area contributed by atoms with E-state index in [1.807, 2.05) is 19.1 Å². The molecular formula is C20H18F3N5OS. The van der Waals surface area contributed by atoms with Crippen LogP contribution in [0.25, 0.3) is 10.4 Å². The third kappa shape index (κ3) is 4.59. The van der Waals surface area contributed by atoms with E-state index in [1.54, 1.807) is 12.3 Å². The van der Waals surface area contributed by atoms with Crippen molar-refractivity contribution in [2.24, 2.45) is 0 Å². The van der Waals surface area contributed by atoms with Crippen LogP contribution in [0, 0.1) is 6.92 Å². The van der Waals surface area contributed by atoms with Crippen LogP contribution in [-0.4, -0.2) is 27.4 Å². The number of carbonyl (C=O) groups is 1. The van der Waals surface area contributed by atoms with Crippen LogP contribution >= 0.6 is 11.3 Å². The number of amides is 1. The van der Waals surface area contributed by atoms with Gasteiger partial charge >= 0.3 is 6.18 Å². The van der Waals surface area contributed by atoms with Gasteiger partial charge in [-0.2, -0.15) is 13.2 Å². The molecule has 4 rings (SSSR count). The van der Waals surface area contributed by atoms with E-state index in [4.69, 9.17) is 0 Å². The Kier molecular flexibility index (Phi) is 5.42. The van der Waals surface area contributed by atoms with E-state index in [0.29, 0.717) is 18.7 Å². The maximum absolute atomic E-state index is 12.9. The average Bonchev–Trinajstić information content (AvgIpc) is 3.17. The molecule has 10 heteroatoms. The van der Waals surface area contributed by atoms with Gasteiger partial charge in [0.15, 0.2) is 0 Å². The SMILES string of the molecule is Cc1cc(Nc2nccc(C(F)(F)F)n2)cc(-c2cnc(C3CCNC(=O)C3)s2)c1. The molecule has 0 aliphatic carbocycles. The van der Waals surface area contributed by atoms with Crippen molar-refractivity contribution in [2.75, 3.05) is 11.9 Å².